The van der Waals surface area contributed by atoms with Crippen LogP contribution in [0.4, 0.5) is 0 Å². The third-order valence-electron chi connectivity index (χ3n) is 8.42. The molecule has 0 aromatic heterocycles. The molecule has 6 rings (SSSR count). The molecule has 35 heavy (non-hydrogen) atoms. The van der Waals surface area contributed by atoms with Crippen molar-refractivity contribution < 1.29 is 19.1 Å². The zero-order chi connectivity index (χ0) is 24.4. The van der Waals surface area contributed by atoms with Gasteiger partial charge in [-0.25, -0.2) is 4.79 Å². The Morgan fingerprint density at radius 3 is 2.06 bits per heavy atom. The van der Waals surface area contributed by atoms with Gasteiger partial charge in [-0.15, -0.1) is 0 Å². The van der Waals surface area contributed by atoms with Gasteiger partial charge in [0.1, 0.15) is 6.04 Å². The number of carbonyl (C=O) groups is 3. The molecule has 0 radical (unpaired) electrons. The smallest absolute Gasteiger partial charge is 0.329 e. The highest BCUT2D eigenvalue weighted by molar-refractivity contribution is 5.98. The van der Waals surface area contributed by atoms with Gasteiger partial charge < -0.3 is 10.1 Å². The summed E-state index contributed by atoms with van der Waals surface area (Å²) in [4.78, 5) is 39.4. The lowest BCUT2D eigenvalue weighted by Gasteiger charge is -2.55. The molecule has 4 saturated carbocycles. The quantitative estimate of drug-likeness (QED) is 0.415. The van der Waals surface area contributed by atoms with Gasteiger partial charge in [-0.1, -0.05) is 61.5 Å². The molecular formula is C30H35NO4. The minimum Gasteiger partial charge on any atom is -0.456 e. The van der Waals surface area contributed by atoms with Crippen LogP contribution in [-0.4, -0.2) is 30.3 Å². The number of hydrogen-bond acceptors (Lipinski definition) is 4. The summed E-state index contributed by atoms with van der Waals surface area (Å²) in [6, 6.07) is 16.2. The third kappa shape index (κ3) is 5.19. The molecule has 2 aromatic rings. The van der Waals surface area contributed by atoms with E-state index in [9.17, 15) is 14.4 Å². The number of nitrogens with one attached hydrogen (secondary N) is 1. The van der Waals surface area contributed by atoms with Crippen molar-refractivity contribution in [3.8, 4) is 0 Å². The van der Waals surface area contributed by atoms with Gasteiger partial charge in [0.2, 0.25) is 5.91 Å². The van der Waals surface area contributed by atoms with Crippen LogP contribution in [0.5, 0.6) is 0 Å². The number of aryl methyl sites for hydroxylation is 1. The maximum atomic E-state index is 13.6. The molecule has 0 saturated heterocycles. The van der Waals surface area contributed by atoms with E-state index in [0.29, 0.717) is 29.7 Å². The second kappa shape index (κ2) is 9.96. The Kier molecular flexibility index (Phi) is 6.77. The summed E-state index contributed by atoms with van der Waals surface area (Å²) in [5.74, 6) is 1.13. The number of benzene rings is 2. The van der Waals surface area contributed by atoms with Crippen LogP contribution in [0.1, 0.15) is 66.9 Å². The highest BCUT2D eigenvalue weighted by Crippen LogP contribution is 2.60. The fourth-order valence-corrected chi connectivity index (χ4v) is 6.99. The summed E-state index contributed by atoms with van der Waals surface area (Å²) in [7, 11) is 0. The number of carbonyl (C=O) groups excluding carboxylic acids is 3. The van der Waals surface area contributed by atoms with Crippen molar-refractivity contribution in [3.63, 3.8) is 0 Å². The summed E-state index contributed by atoms with van der Waals surface area (Å²) in [6.45, 7) is 1.73. The molecule has 5 nitrogen and oxygen atoms in total. The molecule has 184 valence electrons. The summed E-state index contributed by atoms with van der Waals surface area (Å²) < 4.78 is 5.47. The van der Waals surface area contributed by atoms with Crippen LogP contribution in [0, 0.1) is 23.2 Å². The Bertz CT molecular complexity index is 1040. The maximum Gasteiger partial charge on any atom is 0.329 e. The van der Waals surface area contributed by atoms with E-state index in [2.05, 4.69) is 12.2 Å². The van der Waals surface area contributed by atoms with E-state index in [4.69, 9.17) is 4.74 Å². The summed E-state index contributed by atoms with van der Waals surface area (Å²) >= 11 is 0. The Labute approximate surface area is 207 Å². The molecule has 4 aliphatic carbocycles. The third-order valence-corrected chi connectivity index (χ3v) is 8.42. The Morgan fingerprint density at radius 1 is 0.886 bits per heavy atom. The molecule has 0 heterocycles. The first-order chi connectivity index (χ1) is 16.9. The standard InChI is InChI=1S/C30H35NO4/c1-2-20-8-10-25(11-9-20)27(32)19-35-28(33)26(15-21-6-4-3-5-7-21)31-29(34)30-16-22-12-23(17-30)14-24(13-22)18-30/h3-11,22-24,26H,2,12-19H2,1H3,(H,31,34)/t22?,23?,24?,26-,30?/m0/s1. The molecule has 4 fully saturated rings. The topological polar surface area (TPSA) is 72.5 Å². The predicted molar refractivity (Wildman–Crippen MR) is 134 cm³/mol. The molecule has 1 atom stereocenters. The normalized spacial score (nSPS) is 27.3. The van der Waals surface area contributed by atoms with Gasteiger partial charge in [0.15, 0.2) is 12.4 Å². The average Bonchev–Trinajstić information content (AvgIpc) is 2.86. The number of hydrogen-bond donors (Lipinski definition) is 1. The van der Waals surface area contributed by atoms with Crippen LogP contribution in [0.25, 0.3) is 0 Å². The number of Topliss-reactive ketones (excluding diaryl/α,β-unsaturated/α-hetero) is 1. The lowest BCUT2D eigenvalue weighted by molar-refractivity contribution is -0.153. The monoisotopic (exact) mass is 473 g/mol. The predicted octanol–water partition coefficient (Wildman–Crippen LogP) is 4.92. The van der Waals surface area contributed by atoms with E-state index < -0.39 is 12.0 Å². The minimum atomic E-state index is -0.812. The van der Waals surface area contributed by atoms with Crippen LogP contribution in [0.15, 0.2) is 54.6 Å². The highest BCUT2D eigenvalue weighted by Gasteiger charge is 2.55. The molecule has 0 aliphatic heterocycles. The molecule has 2 aromatic carbocycles. The van der Waals surface area contributed by atoms with E-state index in [0.717, 1.165) is 36.8 Å². The summed E-state index contributed by atoms with van der Waals surface area (Å²) in [5, 5.41) is 3.08. The van der Waals surface area contributed by atoms with Crippen LogP contribution in [0.3, 0.4) is 0 Å². The van der Waals surface area contributed by atoms with Gasteiger partial charge in [-0.2, -0.15) is 0 Å². The Morgan fingerprint density at radius 2 is 1.49 bits per heavy atom. The zero-order valence-corrected chi connectivity index (χ0v) is 20.5. The first kappa shape index (κ1) is 23.8. The van der Waals surface area contributed by atoms with Gasteiger partial charge in [0.05, 0.1) is 0 Å². The van der Waals surface area contributed by atoms with E-state index in [1.807, 2.05) is 42.5 Å². The van der Waals surface area contributed by atoms with Crippen molar-refractivity contribution in [3.05, 3.63) is 71.3 Å². The second-order valence-electron chi connectivity index (χ2n) is 11.0. The van der Waals surface area contributed by atoms with Gasteiger partial charge in [-0.3, -0.25) is 9.59 Å². The molecule has 5 heteroatoms. The fraction of sp³-hybridized carbons (Fsp3) is 0.500. The highest BCUT2D eigenvalue weighted by atomic mass is 16.5. The van der Waals surface area contributed by atoms with E-state index in [-0.39, 0.29) is 23.7 Å². The van der Waals surface area contributed by atoms with Crippen molar-refractivity contribution in [2.45, 2.75) is 64.3 Å². The number of ether oxygens (including phenoxy) is 1. The van der Waals surface area contributed by atoms with E-state index in [1.54, 1.807) is 12.1 Å². The number of rotatable bonds is 9. The van der Waals surface area contributed by atoms with Crippen LogP contribution >= 0.6 is 0 Å². The zero-order valence-electron chi connectivity index (χ0n) is 20.5. The van der Waals surface area contributed by atoms with Crippen LogP contribution in [0.2, 0.25) is 0 Å². The summed E-state index contributed by atoms with van der Waals surface area (Å²) in [6.07, 6.45) is 7.81. The largest absolute Gasteiger partial charge is 0.456 e. The molecule has 0 unspecified atom stereocenters. The molecule has 4 aliphatic rings. The SMILES string of the molecule is CCc1ccc(C(=O)COC(=O)[C@H](Cc2ccccc2)NC(=O)C23CC4CC(CC(C4)C2)C3)cc1. The van der Waals surface area contributed by atoms with Gasteiger partial charge in [-0.05, 0) is 73.8 Å². The van der Waals surface area contributed by atoms with E-state index in [1.165, 1.54) is 19.3 Å². The van der Waals surface area contributed by atoms with E-state index >= 15 is 0 Å². The molecule has 0 spiro atoms. The number of ketones is 1. The van der Waals surface area contributed by atoms with Crippen molar-refractivity contribution in [2.75, 3.05) is 6.61 Å². The van der Waals surface area contributed by atoms with Crippen molar-refractivity contribution in [2.24, 2.45) is 23.2 Å². The van der Waals surface area contributed by atoms with Gasteiger partial charge in [0.25, 0.3) is 0 Å². The number of amides is 1. The summed E-state index contributed by atoms with van der Waals surface area (Å²) in [5.41, 5.74) is 2.27. The molecular weight excluding hydrogens is 438 g/mol. The van der Waals surface area contributed by atoms with Gasteiger partial charge in [0, 0.05) is 17.4 Å². The van der Waals surface area contributed by atoms with Crippen LogP contribution < -0.4 is 5.32 Å². The van der Waals surface area contributed by atoms with Crippen molar-refractivity contribution >= 4 is 17.7 Å². The lowest BCUT2D eigenvalue weighted by Crippen LogP contribution is -2.56. The second-order valence-corrected chi connectivity index (χ2v) is 11.0. The Hall–Kier alpha value is -2.95. The van der Waals surface area contributed by atoms with Crippen molar-refractivity contribution in [1.29, 1.82) is 0 Å². The van der Waals surface area contributed by atoms with Crippen molar-refractivity contribution in [1.82, 2.24) is 5.32 Å². The average molecular weight is 474 g/mol. The lowest BCUT2D eigenvalue weighted by atomic mass is 9.49. The van der Waals surface area contributed by atoms with Gasteiger partial charge >= 0.3 is 5.97 Å². The first-order valence-corrected chi connectivity index (χ1v) is 13.1. The Balaban J connectivity index is 1.27. The van der Waals surface area contributed by atoms with Crippen LogP contribution in [-0.2, 0) is 27.2 Å². The first-order valence-electron chi connectivity index (χ1n) is 13.1. The minimum absolute atomic E-state index is 0.00374. The fourth-order valence-electron chi connectivity index (χ4n) is 6.99. The maximum absolute atomic E-state index is 13.6. The molecule has 1 amide bonds. The molecule has 1 N–H and O–H groups in total. The molecule has 4 bridgehead atoms. The number of esters is 1.